The van der Waals surface area contributed by atoms with Crippen molar-refractivity contribution < 1.29 is 14.0 Å². The number of likely N-dealkylation sites (tertiary alicyclic amines) is 1. The summed E-state index contributed by atoms with van der Waals surface area (Å²) in [5.41, 5.74) is 0.958. The Hall–Kier alpha value is -0.950. The van der Waals surface area contributed by atoms with Crippen LogP contribution in [0.15, 0.2) is 10.6 Å². The van der Waals surface area contributed by atoms with E-state index in [4.69, 9.17) is 14.0 Å². The summed E-state index contributed by atoms with van der Waals surface area (Å²) >= 11 is 0. The fraction of sp³-hybridized carbons (Fsp3) is 0.786. The molecule has 20 heavy (non-hydrogen) atoms. The molecule has 6 heteroatoms. The number of nitrogens with zero attached hydrogens (tertiary/aromatic N) is 2. The number of nitrogens with one attached hydrogen (secondary N) is 1. The second kappa shape index (κ2) is 7.73. The highest BCUT2D eigenvalue weighted by Crippen LogP contribution is 2.18. The van der Waals surface area contributed by atoms with Crippen LogP contribution in [0.5, 0.6) is 0 Å². The zero-order chi connectivity index (χ0) is 14.4. The van der Waals surface area contributed by atoms with Crippen LogP contribution in [0.2, 0.25) is 0 Å². The van der Waals surface area contributed by atoms with E-state index in [-0.39, 0.29) is 12.2 Å². The van der Waals surface area contributed by atoms with Crippen LogP contribution in [-0.4, -0.2) is 56.1 Å². The number of rotatable bonds is 8. The molecule has 0 saturated carbocycles. The van der Waals surface area contributed by atoms with Gasteiger partial charge in [0.2, 0.25) is 0 Å². The standard InChI is InChI=1S/C14H25N3O3/c1-4-5-15-7-11-6-12(20-16-11)8-17-9-13(18-2)14(10-17)19-3/h6,13-15H,4-5,7-10H2,1-3H3. The molecule has 0 bridgehead atoms. The van der Waals surface area contributed by atoms with Crippen LogP contribution in [0, 0.1) is 0 Å². The molecule has 1 aromatic rings. The summed E-state index contributed by atoms with van der Waals surface area (Å²) < 4.78 is 16.2. The Kier molecular flexibility index (Phi) is 5.97. The van der Waals surface area contributed by atoms with Crippen LogP contribution in [0.4, 0.5) is 0 Å². The molecule has 0 radical (unpaired) electrons. The third-order valence-electron chi connectivity index (χ3n) is 3.62. The summed E-state index contributed by atoms with van der Waals surface area (Å²) in [6.45, 7) is 6.38. The monoisotopic (exact) mass is 283 g/mol. The molecule has 0 aromatic carbocycles. The molecule has 0 spiro atoms. The summed E-state index contributed by atoms with van der Waals surface area (Å²) in [5.74, 6) is 0.893. The lowest BCUT2D eigenvalue weighted by molar-refractivity contribution is -0.00461. The molecule has 2 atom stereocenters. The van der Waals surface area contributed by atoms with Gasteiger partial charge in [0.25, 0.3) is 0 Å². The van der Waals surface area contributed by atoms with Gasteiger partial charge >= 0.3 is 0 Å². The van der Waals surface area contributed by atoms with Crippen LogP contribution >= 0.6 is 0 Å². The highest BCUT2D eigenvalue weighted by molar-refractivity contribution is 5.05. The van der Waals surface area contributed by atoms with E-state index in [1.807, 2.05) is 6.07 Å². The fourth-order valence-electron chi connectivity index (χ4n) is 2.53. The lowest BCUT2D eigenvalue weighted by Gasteiger charge is -2.13. The third kappa shape index (κ3) is 4.02. The van der Waals surface area contributed by atoms with Gasteiger partial charge in [-0.2, -0.15) is 0 Å². The van der Waals surface area contributed by atoms with Gasteiger partial charge in [-0.15, -0.1) is 0 Å². The topological polar surface area (TPSA) is 59.8 Å². The molecule has 6 nitrogen and oxygen atoms in total. The Morgan fingerprint density at radius 3 is 2.65 bits per heavy atom. The number of ether oxygens (including phenoxy) is 2. The highest BCUT2D eigenvalue weighted by Gasteiger charge is 2.33. The van der Waals surface area contributed by atoms with Crippen LogP contribution in [0.1, 0.15) is 24.8 Å². The Morgan fingerprint density at radius 2 is 2.05 bits per heavy atom. The average Bonchev–Trinajstić information content (AvgIpc) is 3.06. The van der Waals surface area contributed by atoms with Gasteiger partial charge in [0.15, 0.2) is 5.76 Å². The smallest absolute Gasteiger partial charge is 0.151 e. The van der Waals surface area contributed by atoms with Crippen molar-refractivity contribution in [1.82, 2.24) is 15.4 Å². The lowest BCUT2D eigenvalue weighted by atomic mass is 10.3. The molecule has 1 fully saturated rings. The molecule has 1 aromatic heterocycles. The molecular weight excluding hydrogens is 258 g/mol. The van der Waals surface area contributed by atoms with E-state index in [1.54, 1.807) is 14.2 Å². The first kappa shape index (κ1) is 15.4. The maximum Gasteiger partial charge on any atom is 0.151 e. The maximum atomic E-state index is 5.43. The minimum Gasteiger partial charge on any atom is -0.377 e. The Balaban J connectivity index is 1.82. The van der Waals surface area contributed by atoms with Crippen LogP contribution in [-0.2, 0) is 22.6 Å². The first-order valence-electron chi connectivity index (χ1n) is 7.20. The van der Waals surface area contributed by atoms with E-state index < -0.39 is 0 Å². The van der Waals surface area contributed by atoms with Crippen molar-refractivity contribution in [2.45, 2.75) is 38.6 Å². The summed E-state index contributed by atoms with van der Waals surface area (Å²) in [6, 6.07) is 2.02. The van der Waals surface area contributed by atoms with Crippen LogP contribution < -0.4 is 5.32 Å². The molecule has 2 heterocycles. The van der Waals surface area contributed by atoms with Gasteiger partial charge in [0, 0.05) is 39.9 Å². The van der Waals surface area contributed by atoms with E-state index in [1.165, 1.54) is 0 Å². The minimum absolute atomic E-state index is 0.133. The number of hydrogen-bond donors (Lipinski definition) is 1. The normalized spacial score (nSPS) is 23.6. The SMILES string of the molecule is CCCNCc1cc(CN2CC(OC)C(OC)C2)on1. The minimum atomic E-state index is 0.133. The molecule has 1 aliphatic rings. The van der Waals surface area contributed by atoms with Crippen molar-refractivity contribution in [3.8, 4) is 0 Å². The van der Waals surface area contributed by atoms with Crippen molar-refractivity contribution in [2.24, 2.45) is 0 Å². The van der Waals surface area contributed by atoms with E-state index in [9.17, 15) is 0 Å². The summed E-state index contributed by atoms with van der Waals surface area (Å²) in [4.78, 5) is 2.27. The van der Waals surface area contributed by atoms with Gasteiger partial charge in [-0.05, 0) is 13.0 Å². The first-order chi connectivity index (χ1) is 9.76. The highest BCUT2D eigenvalue weighted by atomic mass is 16.5. The Bertz CT molecular complexity index is 385. The fourth-order valence-corrected chi connectivity index (χ4v) is 2.53. The zero-order valence-corrected chi connectivity index (χ0v) is 12.6. The van der Waals surface area contributed by atoms with Crippen molar-refractivity contribution in [1.29, 1.82) is 0 Å². The predicted molar refractivity (Wildman–Crippen MR) is 75.4 cm³/mol. The molecule has 1 N–H and O–H groups in total. The van der Waals surface area contributed by atoms with E-state index >= 15 is 0 Å². The second-order valence-corrected chi connectivity index (χ2v) is 5.20. The Labute approximate surface area is 120 Å². The third-order valence-corrected chi connectivity index (χ3v) is 3.62. The van der Waals surface area contributed by atoms with Crippen molar-refractivity contribution in [3.05, 3.63) is 17.5 Å². The molecule has 1 saturated heterocycles. The molecule has 114 valence electrons. The second-order valence-electron chi connectivity index (χ2n) is 5.20. The van der Waals surface area contributed by atoms with E-state index in [0.29, 0.717) is 0 Å². The first-order valence-corrected chi connectivity index (χ1v) is 7.20. The average molecular weight is 283 g/mol. The quantitative estimate of drug-likeness (QED) is 0.719. The van der Waals surface area contributed by atoms with Gasteiger partial charge in [-0.1, -0.05) is 12.1 Å². The summed E-state index contributed by atoms with van der Waals surface area (Å²) in [5, 5.41) is 7.40. The van der Waals surface area contributed by atoms with Gasteiger partial charge in [0.05, 0.1) is 24.4 Å². The molecule has 2 rings (SSSR count). The lowest BCUT2D eigenvalue weighted by Crippen LogP contribution is -2.27. The van der Waals surface area contributed by atoms with Crippen molar-refractivity contribution in [3.63, 3.8) is 0 Å². The molecule has 0 amide bonds. The molecule has 0 aliphatic carbocycles. The van der Waals surface area contributed by atoms with Gasteiger partial charge in [0.1, 0.15) is 0 Å². The van der Waals surface area contributed by atoms with Crippen LogP contribution in [0.25, 0.3) is 0 Å². The number of hydrogen-bond acceptors (Lipinski definition) is 6. The van der Waals surface area contributed by atoms with Crippen molar-refractivity contribution >= 4 is 0 Å². The van der Waals surface area contributed by atoms with Gasteiger partial charge in [-0.25, -0.2) is 0 Å². The largest absolute Gasteiger partial charge is 0.377 e. The molecule has 1 aliphatic heterocycles. The summed E-state index contributed by atoms with van der Waals surface area (Å²) in [7, 11) is 3.46. The number of methoxy groups -OCH3 is 2. The van der Waals surface area contributed by atoms with Crippen LogP contribution in [0.3, 0.4) is 0 Å². The number of aromatic nitrogens is 1. The van der Waals surface area contributed by atoms with E-state index in [2.05, 4.69) is 22.3 Å². The van der Waals surface area contributed by atoms with Crippen molar-refractivity contribution in [2.75, 3.05) is 33.9 Å². The Morgan fingerprint density at radius 1 is 1.35 bits per heavy atom. The van der Waals surface area contributed by atoms with E-state index in [0.717, 1.165) is 50.6 Å². The maximum absolute atomic E-state index is 5.43. The van der Waals surface area contributed by atoms with Gasteiger partial charge in [-0.3, -0.25) is 4.90 Å². The summed E-state index contributed by atoms with van der Waals surface area (Å²) in [6.07, 6.45) is 1.39. The zero-order valence-electron chi connectivity index (χ0n) is 12.6. The predicted octanol–water partition coefficient (Wildman–Crippen LogP) is 1.02. The molecular formula is C14H25N3O3. The molecule has 2 unspecified atom stereocenters. The van der Waals surface area contributed by atoms with Gasteiger partial charge < -0.3 is 19.3 Å².